The highest BCUT2D eigenvalue weighted by Crippen LogP contribution is 2.51. The van der Waals surface area contributed by atoms with Gasteiger partial charge in [-0.25, -0.2) is 9.97 Å². The molecular weight excluding hydrogens is 752 g/mol. The third-order valence-corrected chi connectivity index (χ3v) is 8.04. The number of rotatable bonds is 4. The molecule has 0 radical (unpaired) electrons. The van der Waals surface area contributed by atoms with Gasteiger partial charge in [0.1, 0.15) is 11.0 Å². The summed E-state index contributed by atoms with van der Waals surface area (Å²) in [4.78, 5) is 7.91. The molecule has 6 aromatic rings. The molecule has 2 aromatic heterocycles. The SMILES string of the molecule is N#CC(C#N)c1nc2cc3c(-c4ccc(C(F)(F)F)cc4C(F)(F)F)c4oc(C(C#N)C#N)nc4cc3c(-c3ccc(C(F)(F)F)cc3C(F)(F)F)c2o1. The zero-order valence-corrected chi connectivity index (χ0v) is 25.8. The van der Waals surface area contributed by atoms with Gasteiger partial charge in [0.2, 0.25) is 23.6 Å². The first-order valence-electron chi connectivity index (χ1n) is 14.5. The molecule has 0 unspecified atom stereocenters. The first-order chi connectivity index (χ1) is 25.1. The van der Waals surface area contributed by atoms with Crippen molar-refractivity contribution in [1.29, 1.82) is 21.0 Å². The van der Waals surface area contributed by atoms with Gasteiger partial charge in [-0.05, 0) is 58.3 Å². The molecule has 0 spiro atoms. The predicted molar refractivity (Wildman–Crippen MR) is 158 cm³/mol. The van der Waals surface area contributed by atoms with Crippen molar-refractivity contribution in [2.75, 3.05) is 0 Å². The molecule has 20 heteroatoms. The monoisotopic (exact) mass is 762 g/mol. The highest BCUT2D eigenvalue weighted by molar-refractivity contribution is 6.19. The van der Waals surface area contributed by atoms with E-state index in [-0.39, 0.29) is 24.3 Å². The lowest BCUT2D eigenvalue weighted by molar-refractivity contribution is -0.144. The van der Waals surface area contributed by atoms with Crippen molar-refractivity contribution in [1.82, 2.24) is 9.97 Å². The van der Waals surface area contributed by atoms with Crippen LogP contribution in [-0.4, -0.2) is 9.97 Å². The molecule has 0 aliphatic heterocycles. The van der Waals surface area contributed by atoms with E-state index in [0.29, 0.717) is 12.1 Å². The maximum atomic E-state index is 14.6. The minimum absolute atomic E-state index is 0.250. The summed E-state index contributed by atoms with van der Waals surface area (Å²) in [5.41, 5.74) is -13.7. The van der Waals surface area contributed by atoms with Crippen LogP contribution in [0.5, 0.6) is 0 Å². The Morgan fingerprint density at radius 1 is 0.481 bits per heavy atom. The van der Waals surface area contributed by atoms with Gasteiger partial charge in [0.05, 0.1) is 46.5 Å². The third kappa shape index (κ3) is 6.21. The molecule has 0 aliphatic carbocycles. The summed E-state index contributed by atoms with van der Waals surface area (Å²) in [5, 5.41) is 36.6. The lowest BCUT2D eigenvalue weighted by Crippen LogP contribution is -2.12. The van der Waals surface area contributed by atoms with Gasteiger partial charge < -0.3 is 8.83 Å². The second-order valence-corrected chi connectivity index (χ2v) is 11.3. The number of aromatic nitrogens is 2. The molecule has 2 heterocycles. The summed E-state index contributed by atoms with van der Waals surface area (Å²) in [6, 6.07) is 8.55. The molecule has 0 saturated heterocycles. The van der Waals surface area contributed by atoms with Crippen LogP contribution >= 0.6 is 0 Å². The van der Waals surface area contributed by atoms with Gasteiger partial charge >= 0.3 is 24.7 Å². The standard InChI is InChI=1S/C34H10F12N6O2/c35-31(36,37)15-1-3-17(21(5-15)33(41,42)43)25-19-7-24-28(54-30(52-24)14(11-49)12-50)26(18-4-2-16(32(38,39)40)6-22(18)34(44,45)46)20(19)8-23-27(25)53-29(51-23)13(9-47)10-48/h1-8,13-14H. The molecule has 0 atom stereocenters. The zero-order chi connectivity index (χ0) is 39.7. The molecule has 0 aliphatic rings. The van der Waals surface area contributed by atoms with Crippen LogP contribution in [0.1, 0.15) is 45.9 Å². The normalized spacial score (nSPS) is 12.7. The van der Waals surface area contributed by atoms with Crippen LogP contribution in [0, 0.1) is 45.3 Å². The maximum absolute atomic E-state index is 14.6. The Hall–Kier alpha value is -6.80. The fourth-order valence-corrected chi connectivity index (χ4v) is 5.75. The van der Waals surface area contributed by atoms with Gasteiger partial charge in [-0.2, -0.15) is 73.7 Å². The number of benzene rings is 4. The highest BCUT2D eigenvalue weighted by Gasteiger charge is 2.42. The van der Waals surface area contributed by atoms with Crippen LogP contribution in [0.3, 0.4) is 0 Å². The van der Waals surface area contributed by atoms with E-state index in [1.54, 1.807) is 0 Å². The lowest BCUT2D eigenvalue weighted by Gasteiger charge is -2.20. The summed E-state index contributed by atoms with van der Waals surface area (Å²) < 4.78 is 181. The van der Waals surface area contributed by atoms with E-state index in [4.69, 9.17) is 8.83 Å². The van der Waals surface area contributed by atoms with Gasteiger partial charge in [-0.15, -0.1) is 0 Å². The van der Waals surface area contributed by atoms with Crippen molar-refractivity contribution in [3.8, 4) is 46.5 Å². The van der Waals surface area contributed by atoms with Crippen LogP contribution in [0.2, 0.25) is 0 Å². The fourth-order valence-electron chi connectivity index (χ4n) is 5.75. The second kappa shape index (κ2) is 12.4. The summed E-state index contributed by atoms with van der Waals surface area (Å²) in [6.07, 6.45) is -21.7. The first-order valence-corrected chi connectivity index (χ1v) is 14.5. The van der Waals surface area contributed by atoms with Crippen molar-refractivity contribution >= 4 is 33.0 Å². The first kappa shape index (κ1) is 37.0. The molecule has 8 nitrogen and oxygen atoms in total. The summed E-state index contributed by atoms with van der Waals surface area (Å²) in [5.74, 6) is -5.14. The van der Waals surface area contributed by atoms with Gasteiger partial charge in [-0.3, -0.25) is 0 Å². The largest absolute Gasteiger partial charge is 0.437 e. The zero-order valence-electron chi connectivity index (χ0n) is 25.8. The van der Waals surface area contributed by atoms with Gasteiger partial charge in [0.15, 0.2) is 11.2 Å². The number of hydrogen-bond acceptors (Lipinski definition) is 8. The van der Waals surface area contributed by atoms with Crippen molar-refractivity contribution in [3.63, 3.8) is 0 Å². The molecule has 0 fully saturated rings. The number of nitrogens with zero attached hydrogens (tertiary/aromatic N) is 6. The quantitative estimate of drug-likeness (QED) is 0.161. The number of halogens is 12. The summed E-state index contributed by atoms with van der Waals surface area (Å²) in [6.45, 7) is 0. The molecular formula is C34H10F12N6O2. The van der Waals surface area contributed by atoms with Crippen molar-refractivity contribution in [2.24, 2.45) is 0 Å². The van der Waals surface area contributed by atoms with E-state index in [1.165, 1.54) is 24.3 Å². The average molecular weight is 762 g/mol. The average Bonchev–Trinajstić information content (AvgIpc) is 3.69. The van der Waals surface area contributed by atoms with Crippen LogP contribution < -0.4 is 0 Å². The van der Waals surface area contributed by atoms with Crippen molar-refractivity contribution in [2.45, 2.75) is 36.5 Å². The van der Waals surface area contributed by atoms with Crippen molar-refractivity contribution in [3.05, 3.63) is 82.6 Å². The molecule has 0 saturated carbocycles. The molecule has 0 amide bonds. The van der Waals surface area contributed by atoms with Gasteiger partial charge in [0, 0.05) is 11.1 Å². The number of hydrogen-bond donors (Lipinski definition) is 0. The van der Waals surface area contributed by atoms with Crippen LogP contribution in [-0.2, 0) is 24.7 Å². The predicted octanol–water partition coefficient (Wildman–Crippen LogP) is 10.8. The third-order valence-electron chi connectivity index (χ3n) is 8.04. The molecule has 272 valence electrons. The van der Waals surface area contributed by atoms with Crippen LogP contribution in [0.15, 0.2) is 57.4 Å². The molecule has 0 N–H and O–H groups in total. The van der Waals surface area contributed by atoms with Crippen molar-refractivity contribution < 1.29 is 61.5 Å². The Labute approximate surface area is 291 Å². The number of oxazole rings is 2. The van der Waals surface area contributed by atoms with Crippen LogP contribution in [0.25, 0.3) is 55.2 Å². The Balaban J connectivity index is 1.91. The maximum Gasteiger partial charge on any atom is 0.417 e. The topological polar surface area (TPSA) is 147 Å². The van der Waals surface area contributed by atoms with E-state index < -0.39 is 126 Å². The van der Waals surface area contributed by atoms with E-state index in [9.17, 15) is 73.7 Å². The van der Waals surface area contributed by atoms with E-state index in [0.717, 1.165) is 12.1 Å². The molecule has 54 heavy (non-hydrogen) atoms. The van der Waals surface area contributed by atoms with E-state index >= 15 is 0 Å². The number of alkyl halides is 12. The number of nitriles is 4. The Morgan fingerprint density at radius 3 is 1.09 bits per heavy atom. The minimum atomic E-state index is -5.56. The lowest BCUT2D eigenvalue weighted by atomic mass is 9.87. The second-order valence-electron chi connectivity index (χ2n) is 11.3. The van der Waals surface area contributed by atoms with Gasteiger partial charge in [-0.1, -0.05) is 12.1 Å². The smallest absolute Gasteiger partial charge is 0.417 e. The van der Waals surface area contributed by atoms with Crippen LogP contribution in [0.4, 0.5) is 52.7 Å². The Bertz CT molecular complexity index is 2480. The number of fused-ring (bicyclic) bond motifs is 3. The Morgan fingerprint density at radius 2 is 0.815 bits per heavy atom. The molecule has 0 bridgehead atoms. The minimum Gasteiger partial charge on any atom is -0.437 e. The summed E-state index contributed by atoms with van der Waals surface area (Å²) >= 11 is 0. The fraction of sp³-hybridized carbons (Fsp3) is 0.176. The molecule has 6 rings (SSSR count). The molecule has 4 aromatic carbocycles. The Kier molecular flexibility index (Phi) is 8.50. The van der Waals surface area contributed by atoms with E-state index in [1.807, 2.05) is 0 Å². The summed E-state index contributed by atoms with van der Waals surface area (Å²) in [7, 11) is 0. The highest BCUT2D eigenvalue weighted by atomic mass is 19.4. The van der Waals surface area contributed by atoms with Gasteiger partial charge in [0.25, 0.3) is 0 Å². The van der Waals surface area contributed by atoms with E-state index in [2.05, 4.69) is 9.97 Å².